The number of hydrogen-bond acceptors (Lipinski definition) is 2. The molecule has 1 aromatic rings. The molecule has 0 heterocycles. The van der Waals surface area contributed by atoms with E-state index in [4.69, 9.17) is 0 Å². The molecule has 1 aromatic carbocycles. The second-order valence-corrected chi connectivity index (χ2v) is 6.64. The molecule has 4 heteroatoms. The number of nitrogens with one attached hydrogen (secondary N) is 1. The van der Waals surface area contributed by atoms with Crippen molar-refractivity contribution in [1.29, 1.82) is 0 Å². The molecule has 0 aromatic heterocycles. The Morgan fingerprint density at radius 2 is 1.95 bits per heavy atom. The average Bonchev–Trinajstić information content (AvgIpc) is 2.44. The Balaban J connectivity index is 1.83. The van der Waals surface area contributed by atoms with Crippen molar-refractivity contribution < 1.29 is 4.79 Å². The van der Waals surface area contributed by atoms with E-state index in [1.54, 1.807) is 0 Å². The molecule has 1 amide bonds. The van der Waals surface area contributed by atoms with Crippen molar-refractivity contribution in [3.05, 3.63) is 34.3 Å². The van der Waals surface area contributed by atoms with Gasteiger partial charge >= 0.3 is 0 Å². The summed E-state index contributed by atoms with van der Waals surface area (Å²) in [6.07, 6.45) is 2.22. The number of nitrogens with zero attached hydrogens (tertiary/aromatic N) is 1. The number of amides is 1. The van der Waals surface area contributed by atoms with Gasteiger partial charge in [0.25, 0.3) is 0 Å². The molecular formula is C17H25BrN2O. The van der Waals surface area contributed by atoms with Gasteiger partial charge in [0.2, 0.25) is 5.91 Å². The summed E-state index contributed by atoms with van der Waals surface area (Å²) in [6.45, 7) is 7.60. The van der Waals surface area contributed by atoms with Crippen molar-refractivity contribution >= 4 is 21.8 Å². The van der Waals surface area contributed by atoms with Crippen LogP contribution in [0, 0.1) is 0 Å². The summed E-state index contributed by atoms with van der Waals surface area (Å²) in [7, 11) is 0. The van der Waals surface area contributed by atoms with Gasteiger partial charge < -0.3 is 10.2 Å². The molecule has 1 aliphatic carbocycles. The van der Waals surface area contributed by atoms with Crippen LogP contribution in [0.2, 0.25) is 0 Å². The van der Waals surface area contributed by atoms with E-state index in [2.05, 4.69) is 39.4 Å². The summed E-state index contributed by atoms with van der Waals surface area (Å²) in [5, 5.41) is 3.48. The molecule has 1 fully saturated rings. The van der Waals surface area contributed by atoms with E-state index in [0.717, 1.165) is 25.9 Å². The number of hydrogen-bond donors (Lipinski definition) is 1. The molecule has 0 bridgehead atoms. The number of benzene rings is 1. The first kappa shape index (κ1) is 16.5. The lowest BCUT2D eigenvalue weighted by Crippen LogP contribution is -2.51. The van der Waals surface area contributed by atoms with E-state index in [-0.39, 0.29) is 11.9 Å². The van der Waals surface area contributed by atoms with Gasteiger partial charge in [0.05, 0.1) is 6.04 Å². The number of carbonyl (C=O) groups is 1. The van der Waals surface area contributed by atoms with Crippen molar-refractivity contribution in [2.24, 2.45) is 0 Å². The summed E-state index contributed by atoms with van der Waals surface area (Å²) in [4.78, 5) is 14.1. The number of rotatable bonds is 6. The molecule has 1 aliphatic rings. The zero-order valence-electron chi connectivity index (χ0n) is 13.1. The normalized spacial score (nSPS) is 22.5. The van der Waals surface area contributed by atoms with Gasteiger partial charge in [0, 0.05) is 23.6 Å². The van der Waals surface area contributed by atoms with E-state index < -0.39 is 0 Å². The lowest BCUT2D eigenvalue weighted by Gasteiger charge is -2.39. The van der Waals surface area contributed by atoms with Crippen molar-refractivity contribution in [3.8, 4) is 0 Å². The van der Waals surface area contributed by atoms with Crippen LogP contribution in [0.1, 0.15) is 45.1 Å². The average molecular weight is 353 g/mol. The highest BCUT2D eigenvalue weighted by atomic mass is 79.9. The number of likely N-dealkylation sites (N-methyl/N-ethyl adjacent to an activating group) is 1. The third-order valence-corrected chi connectivity index (χ3v) is 5.14. The minimum Gasteiger partial charge on any atom is -0.342 e. The minimum absolute atomic E-state index is 0.0879. The maximum absolute atomic E-state index is 12.2. The molecule has 1 atom stereocenters. The maximum atomic E-state index is 12.2. The molecule has 2 rings (SSSR count). The van der Waals surface area contributed by atoms with Crippen LogP contribution in [0.3, 0.4) is 0 Å². The highest BCUT2D eigenvalue weighted by Gasteiger charge is 2.33. The quantitative estimate of drug-likeness (QED) is 0.848. The number of halogens is 1. The fourth-order valence-corrected chi connectivity index (χ4v) is 3.66. The first-order chi connectivity index (χ1) is 10.1. The van der Waals surface area contributed by atoms with Gasteiger partial charge in [-0.3, -0.25) is 4.79 Å². The summed E-state index contributed by atoms with van der Waals surface area (Å²) in [5.74, 6) is 0.818. The van der Waals surface area contributed by atoms with Crippen molar-refractivity contribution in [1.82, 2.24) is 10.2 Å². The lowest BCUT2D eigenvalue weighted by molar-refractivity contribution is -0.133. The Morgan fingerprint density at radius 1 is 1.33 bits per heavy atom. The van der Waals surface area contributed by atoms with E-state index in [1.165, 1.54) is 10.0 Å². The second-order valence-electron chi connectivity index (χ2n) is 5.79. The van der Waals surface area contributed by atoms with Crippen molar-refractivity contribution in [3.63, 3.8) is 0 Å². The molecular weight excluding hydrogens is 328 g/mol. The van der Waals surface area contributed by atoms with Crippen LogP contribution in [0.5, 0.6) is 0 Å². The van der Waals surface area contributed by atoms with Crippen LogP contribution in [0.4, 0.5) is 0 Å². The predicted octanol–water partition coefficient (Wildman–Crippen LogP) is 3.54. The first-order valence-corrected chi connectivity index (χ1v) is 8.65. The summed E-state index contributed by atoms with van der Waals surface area (Å²) >= 11 is 3.62. The molecule has 0 spiro atoms. The Hall–Kier alpha value is -0.870. The van der Waals surface area contributed by atoms with Gasteiger partial charge in [-0.1, -0.05) is 34.1 Å². The minimum atomic E-state index is -0.0879. The molecule has 1 saturated carbocycles. The zero-order valence-corrected chi connectivity index (χ0v) is 14.7. The molecule has 0 aliphatic heterocycles. The molecule has 116 valence electrons. The molecule has 21 heavy (non-hydrogen) atoms. The van der Waals surface area contributed by atoms with Crippen molar-refractivity contribution in [2.45, 2.75) is 51.6 Å². The Kier molecular flexibility index (Phi) is 5.82. The zero-order chi connectivity index (χ0) is 15.4. The third-order valence-electron chi connectivity index (χ3n) is 4.41. The van der Waals surface area contributed by atoms with Crippen LogP contribution < -0.4 is 5.32 Å². The Bertz CT molecular complexity index is 481. The Labute approximate surface area is 136 Å². The molecule has 1 N–H and O–H groups in total. The third kappa shape index (κ3) is 3.86. The van der Waals surface area contributed by atoms with Crippen LogP contribution in [-0.2, 0) is 4.79 Å². The van der Waals surface area contributed by atoms with Crippen LogP contribution >= 0.6 is 15.9 Å². The fraction of sp³-hybridized carbons (Fsp3) is 0.588. The first-order valence-electron chi connectivity index (χ1n) is 7.86. The fourth-order valence-electron chi connectivity index (χ4n) is 3.05. The maximum Gasteiger partial charge on any atom is 0.239 e. The summed E-state index contributed by atoms with van der Waals surface area (Å²) in [5.41, 5.74) is 1.39. The highest BCUT2D eigenvalue weighted by Crippen LogP contribution is 2.40. The topological polar surface area (TPSA) is 32.3 Å². The van der Waals surface area contributed by atoms with E-state index >= 15 is 0 Å². The van der Waals surface area contributed by atoms with Gasteiger partial charge in [-0.25, -0.2) is 0 Å². The number of carbonyl (C=O) groups excluding carboxylic acids is 1. The van der Waals surface area contributed by atoms with E-state index in [9.17, 15) is 4.79 Å². The molecule has 3 nitrogen and oxygen atoms in total. The predicted molar refractivity (Wildman–Crippen MR) is 90.4 cm³/mol. The second kappa shape index (κ2) is 7.41. The van der Waals surface area contributed by atoms with Crippen LogP contribution in [0.15, 0.2) is 28.7 Å². The Morgan fingerprint density at radius 3 is 2.52 bits per heavy atom. The van der Waals surface area contributed by atoms with Gasteiger partial charge in [-0.15, -0.1) is 0 Å². The largest absolute Gasteiger partial charge is 0.342 e. The summed E-state index contributed by atoms with van der Waals surface area (Å²) < 4.78 is 1.20. The molecule has 0 saturated heterocycles. The van der Waals surface area contributed by atoms with Crippen molar-refractivity contribution in [2.75, 3.05) is 13.1 Å². The SMILES string of the molecule is CCN(CC)C(=O)C(C)NC1CC(c2ccccc2Br)C1. The van der Waals surface area contributed by atoms with Crippen LogP contribution in [0.25, 0.3) is 0 Å². The van der Waals surface area contributed by atoms with Gasteiger partial charge in [-0.2, -0.15) is 0 Å². The standard InChI is InChI=1S/C17H25BrN2O/c1-4-20(5-2)17(21)12(3)19-14-10-13(11-14)15-8-6-7-9-16(15)18/h6-9,12-14,19H,4-5,10-11H2,1-3H3. The highest BCUT2D eigenvalue weighted by molar-refractivity contribution is 9.10. The van der Waals surface area contributed by atoms with Gasteiger partial charge in [0.15, 0.2) is 0 Å². The van der Waals surface area contributed by atoms with Gasteiger partial charge in [-0.05, 0) is 51.2 Å². The van der Waals surface area contributed by atoms with E-state index in [1.807, 2.05) is 31.7 Å². The monoisotopic (exact) mass is 352 g/mol. The van der Waals surface area contributed by atoms with Crippen LogP contribution in [-0.4, -0.2) is 36.0 Å². The summed E-state index contributed by atoms with van der Waals surface area (Å²) in [6, 6.07) is 8.80. The van der Waals surface area contributed by atoms with E-state index in [0.29, 0.717) is 12.0 Å². The molecule has 0 radical (unpaired) electrons. The van der Waals surface area contributed by atoms with Gasteiger partial charge in [0.1, 0.15) is 0 Å². The molecule has 1 unspecified atom stereocenters. The lowest BCUT2D eigenvalue weighted by atomic mass is 9.75. The smallest absolute Gasteiger partial charge is 0.239 e.